The smallest absolute Gasteiger partial charge is 0.251 e. The van der Waals surface area contributed by atoms with E-state index in [1.165, 1.54) is 18.2 Å². The molecule has 0 aliphatic rings. The molecule has 1 aromatic heterocycles. The number of hydrogen-bond donors (Lipinski definition) is 2. The Morgan fingerprint density at radius 1 is 1.12 bits per heavy atom. The van der Waals surface area contributed by atoms with Gasteiger partial charge in [0.2, 0.25) is 5.91 Å². The minimum absolute atomic E-state index is 0.159. The average molecular weight is 359 g/mol. The minimum Gasteiger partial charge on any atom is -0.352 e. The number of fused-ring (bicyclic) bond motifs is 1. The van der Waals surface area contributed by atoms with Crippen molar-refractivity contribution < 1.29 is 9.18 Å². The van der Waals surface area contributed by atoms with Crippen LogP contribution in [-0.2, 0) is 17.8 Å². The zero-order chi connectivity index (χ0) is 17.8. The molecule has 6 heteroatoms. The quantitative estimate of drug-likeness (QED) is 0.732. The molecule has 0 aliphatic heterocycles. The molecule has 4 nitrogen and oxygen atoms in total. The van der Waals surface area contributed by atoms with Gasteiger partial charge in [-0.2, -0.15) is 0 Å². The van der Waals surface area contributed by atoms with Crippen LogP contribution < -0.4 is 10.9 Å². The second kappa shape index (κ2) is 7.49. The van der Waals surface area contributed by atoms with Crippen molar-refractivity contribution in [3.05, 3.63) is 80.9 Å². The van der Waals surface area contributed by atoms with Crippen molar-refractivity contribution in [3.63, 3.8) is 0 Å². The topological polar surface area (TPSA) is 62.0 Å². The maximum absolute atomic E-state index is 13.3. The van der Waals surface area contributed by atoms with Crippen molar-refractivity contribution in [2.24, 2.45) is 0 Å². The molecule has 25 heavy (non-hydrogen) atoms. The second-order valence-electron chi connectivity index (χ2n) is 5.76. The summed E-state index contributed by atoms with van der Waals surface area (Å²) in [6.07, 6.45) is 0.464. The van der Waals surface area contributed by atoms with Crippen molar-refractivity contribution in [2.75, 3.05) is 0 Å². The fraction of sp³-hybridized carbons (Fsp3) is 0.158. The minimum atomic E-state index is -0.369. The molecule has 0 bridgehead atoms. The highest BCUT2D eigenvalue weighted by atomic mass is 35.5. The van der Waals surface area contributed by atoms with Crippen molar-refractivity contribution in [1.29, 1.82) is 0 Å². The summed E-state index contributed by atoms with van der Waals surface area (Å²) in [4.78, 5) is 26.7. The number of H-pyrrole nitrogens is 1. The lowest BCUT2D eigenvalue weighted by atomic mass is 10.1. The molecular formula is C19H16ClFN2O2. The van der Waals surface area contributed by atoms with Crippen LogP contribution in [0.25, 0.3) is 10.9 Å². The molecule has 0 spiro atoms. The number of nitrogens with one attached hydrogen (secondary N) is 2. The van der Waals surface area contributed by atoms with Crippen LogP contribution in [0.5, 0.6) is 0 Å². The molecule has 1 amide bonds. The van der Waals surface area contributed by atoms with Gasteiger partial charge >= 0.3 is 0 Å². The molecule has 0 saturated heterocycles. The van der Waals surface area contributed by atoms with Gasteiger partial charge in [-0.25, -0.2) is 4.39 Å². The van der Waals surface area contributed by atoms with Crippen molar-refractivity contribution >= 4 is 28.4 Å². The van der Waals surface area contributed by atoms with E-state index in [0.717, 1.165) is 5.56 Å². The summed E-state index contributed by atoms with van der Waals surface area (Å²) in [6.45, 7) is 0.398. The number of aryl methyl sites for hydroxylation is 1. The first-order valence-electron chi connectivity index (χ1n) is 7.84. The highest BCUT2D eigenvalue weighted by Crippen LogP contribution is 2.13. The zero-order valence-corrected chi connectivity index (χ0v) is 14.1. The summed E-state index contributed by atoms with van der Waals surface area (Å²) in [7, 11) is 0. The zero-order valence-electron chi connectivity index (χ0n) is 13.3. The van der Waals surface area contributed by atoms with Crippen LogP contribution in [0.3, 0.4) is 0 Å². The number of hydrogen-bond acceptors (Lipinski definition) is 2. The van der Waals surface area contributed by atoms with E-state index < -0.39 is 0 Å². The first kappa shape index (κ1) is 17.2. The van der Waals surface area contributed by atoms with Gasteiger partial charge in [-0.1, -0.05) is 23.7 Å². The van der Waals surface area contributed by atoms with Crippen LogP contribution in [0.4, 0.5) is 4.39 Å². The van der Waals surface area contributed by atoms with Gasteiger partial charge in [0, 0.05) is 34.5 Å². The fourth-order valence-electron chi connectivity index (χ4n) is 2.55. The average Bonchev–Trinajstić information content (AvgIpc) is 2.60. The number of halogens is 2. The molecule has 3 rings (SSSR count). The lowest BCUT2D eigenvalue weighted by Crippen LogP contribution is -2.24. The molecule has 0 fully saturated rings. The van der Waals surface area contributed by atoms with Gasteiger partial charge in [0.05, 0.1) is 0 Å². The van der Waals surface area contributed by atoms with Crippen molar-refractivity contribution in [1.82, 2.24) is 10.3 Å². The largest absolute Gasteiger partial charge is 0.352 e. The molecule has 0 aliphatic carbocycles. The monoisotopic (exact) mass is 358 g/mol. The Balaban J connectivity index is 1.61. The molecule has 0 radical (unpaired) electrons. The molecule has 128 valence electrons. The lowest BCUT2D eigenvalue weighted by molar-refractivity contribution is -0.121. The number of pyridine rings is 1. The Hall–Kier alpha value is -2.66. The van der Waals surface area contributed by atoms with Crippen LogP contribution in [0.15, 0.2) is 53.3 Å². The number of aromatic amines is 1. The third-order valence-corrected chi connectivity index (χ3v) is 4.16. The van der Waals surface area contributed by atoms with Crippen LogP contribution in [0.1, 0.15) is 17.5 Å². The van der Waals surface area contributed by atoms with Gasteiger partial charge < -0.3 is 10.3 Å². The SMILES string of the molecule is O=C(CCc1cc2cc(F)ccc2[nH]c1=O)NCc1ccc(Cl)cc1. The predicted molar refractivity (Wildman–Crippen MR) is 96.1 cm³/mol. The van der Waals surface area contributed by atoms with Gasteiger partial charge in [0.15, 0.2) is 0 Å². The molecule has 0 atom stereocenters. The van der Waals surface area contributed by atoms with Crippen molar-refractivity contribution in [2.45, 2.75) is 19.4 Å². The van der Waals surface area contributed by atoms with E-state index in [0.29, 0.717) is 28.0 Å². The maximum Gasteiger partial charge on any atom is 0.251 e. The fourth-order valence-corrected chi connectivity index (χ4v) is 2.67. The molecule has 3 aromatic rings. The number of benzene rings is 2. The molecule has 1 heterocycles. The molecule has 0 saturated carbocycles. The number of carbonyl (C=O) groups is 1. The summed E-state index contributed by atoms with van der Waals surface area (Å²) in [5, 5.41) is 4.05. The van der Waals surface area contributed by atoms with Crippen LogP contribution in [0, 0.1) is 5.82 Å². The van der Waals surface area contributed by atoms with Gasteiger partial charge in [0.25, 0.3) is 5.56 Å². The standard InChI is InChI=1S/C19H16ClFN2O2/c20-15-4-1-12(2-5-15)11-22-18(24)8-3-13-9-14-10-16(21)6-7-17(14)23-19(13)25/h1-2,4-7,9-10H,3,8,11H2,(H,22,24)(H,23,25). The van der Waals surface area contributed by atoms with E-state index >= 15 is 0 Å². The first-order chi connectivity index (χ1) is 12.0. The maximum atomic E-state index is 13.3. The van der Waals surface area contributed by atoms with Crippen LogP contribution >= 0.6 is 11.6 Å². The number of aromatic nitrogens is 1. The third kappa shape index (κ3) is 4.45. The summed E-state index contributed by atoms with van der Waals surface area (Å²) in [6, 6.07) is 13.0. The molecule has 2 aromatic carbocycles. The third-order valence-electron chi connectivity index (χ3n) is 3.91. The Morgan fingerprint density at radius 3 is 2.64 bits per heavy atom. The molecule has 0 unspecified atom stereocenters. The highest BCUT2D eigenvalue weighted by Gasteiger charge is 2.07. The summed E-state index contributed by atoms with van der Waals surface area (Å²) >= 11 is 5.81. The van der Waals surface area contributed by atoms with Crippen LogP contribution in [0.2, 0.25) is 5.02 Å². The van der Waals surface area contributed by atoms with Gasteiger partial charge in [0.1, 0.15) is 5.82 Å². The first-order valence-corrected chi connectivity index (χ1v) is 8.22. The Kier molecular flexibility index (Phi) is 5.14. The molecular weight excluding hydrogens is 343 g/mol. The summed E-state index contributed by atoms with van der Waals surface area (Å²) in [5.74, 6) is -0.528. The van der Waals surface area contributed by atoms with Crippen molar-refractivity contribution in [3.8, 4) is 0 Å². The van der Waals surface area contributed by atoms with E-state index in [1.54, 1.807) is 18.2 Å². The highest BCUT2D eigenvalue weighted by molar-refractivity contribution is 6.30. The van der Waals surface area contributed by atoms with E-state index in [-0.39, 0.29) is 30.1 Å². The lowest BCUT2D eigenvalue weighted by Gasteiger charge is -2.06. The Morgan fingerprint density at radius 2 is 1.88 bits per heavy atom. The molecule has 2 N–H and O–H groups in total. The van der Waals surface area contributed by atoms with Gasteiger partial charge in [-0.3, -0.25) is 9.59 Å². The summed E-state index contributed by atoms with van der Waals surface area (Å²) < 4.78 is 13.3. The Labute approximate surface area is 148 Å². The van der Waals surface area contributed by atoms with Gasteiger partial charge in [-0.15, -0.1) is 0 Å². The van der Waals surface area contributed by atoms with E-state index in [1.807, 2.05) is 12.1 Å². The predicted octanol–water partition coefficient (Wildman–Crippen LogP) is 3.57. The Bertz CT molecular complexity index is 967. The van der Waals surface area contributed by atoms with E-state index in [2.05, 4.69) is 10.3 Å². The second-order valence-corrected chi connectivity index (χ2v) is 6.19. The number of rotatable bonds is 5. The normalized spacial score (nSPS) is 10.8. The van der Waals surface area contributed by atoms with E-state index in [4.69, 9.17) is 11.6 Å². The van der Waals surface area contributed by atoms with Crippen LogP contribution in [-0.4, -0.2) is 10.9 Å². The number of carbonyl (C=O) groups excluding carboxylic acids is 1. The van der Waals surface area contributed by atoms with E-state index in [9.17, 15) is 14.0 Å². The summed E-state index contributed by atoms with van der Waals surface area (Å²) in [5.41, 5.74) is 1.71. The number of amides is 1. The van der Waals surface area contributed by atoms with Gasteiger partial charge in [-0.05, 0) is 48.4 Å².